The number of aromatic nitrogens is 3. The van der Waals surface area contributed by atoms with Crippen molar-refractivity contribution >= 4 is 35.3 Å². The van der Waals surface area contributed by atoms with E-state index in [1.54, 1.807) is 16.8 Å². The number of hydrogen-bond acceptors (Lipinski definition) is 7. The maximum atomic E-state index is 11.9. The first-order chi connectivity index (χ1) is 15.0. The molecule has 1 saturated heterocycles. The van der Waals surface area contributed by atoms with E-state index in [1.165, 1.54) is 12.8 Å². The van der Waals surface area contributed by atoms with Crippen LogP contribution < -0.4 is 21.3 Å². The maximum Gasteiger partial charge on any atom is 0.326 e. The highest BCUT2D eigenvalue weighted by atomic mass is 16.3. The van der Waals surface area contributed by atoms with Crippen LogP contribution in [0.25, 0.3) is 11.7 Å². The second-order valence-electron chi connectivity index (χ2n) is 8.87. The van der Waals surface area contributed by atoms with Gasteiger partial charge in [-0.05, 0) is 37.7 Å². The minimum absolute atomic E-state index is 0.104. The van der Waals surface area contributed by atoms with Crippen LogP contribution in [0.5, 0.6) is 0 Å². The van der Waals surface area contributed by atoms with Crippen LogP contribution in [0.1, 0.15) is 44.1 Å². The molecule has 2 aliphatic carbocycles. The number of anilines is 2. The molecule has 0 bridgehead atoms. The topological polar surface area (TPSA) is 133 Å². The molecular formula is C21H27N7O3. The zero-order valence-electron chi connectivity index (χ0n) is 17.3. The van der Waals surface area contributed by atoms with Crippen LogP contribution in [-0.4, -0.2) is 51.3 Å². The van der Waals surface area contributed by atoms with Gasteiger partial charge >= 0.3 is 6.03 Å². The van der Waals surface area contributed by atoms with E-state index in [1.807, 2.05) is 6.07 Å². The Bertz CT molecular complexity index is 1050. The Hall–Kier alpha value is -3.14. The number of aliphatic hydroxyl groups is 1. The molecule has 3 heterocycles. The van der Waals surface area contributed by atoms with Gasteiger partial charge in [-0.3, -0.25) is 10.1 Å². The predicted molar refractivity (Wildman–Crippen MR) is 115 cm³/mol. The molecule has 0 spiro atoms. The molecule has 10 nitrogen and oxygen atoms in total. The largest absolute Gasteiger partial charge is 0.396 e. The van der Waals surface area contributed by atoms with Crippen molar-refractivity contribution in [2.45, 2.75) is 38.5 Å². The van der Waals surface area contributed by atoms with E-state index in [2.05, 4.69) is 26.4 Å². The second kappa shape index (κ2) is 7.84. The Morgan fingerprint density at radius 3 is 2.71 bits per heavy atom. The minimum atomic E-state index is -0.541. The molecule has 2 aromatic rings. The van der Waals surface area contributed by atoms with E-state index in [0.29, 0.717) is 29.5 Å². The quantitative estimate of drug-likeness (QED) is 0.321. The Labute approximate surface area is 179 Å². The number of fused-ring (bicyclic) bond motifs is 1. The lowest BCUT2D eigenvalue weighted by molar-refractivity contribution is -0.115. The molecule has 10 heteroatoms. The molecule has 0 aromatic carbocycles. The molecule has 164 valence electrons. The number of aliphatic hydroxyl groups excluding tert-OH is 1. The number of imide groups is 1. The molecule has 0 unspecified atom stereocenters. The standard InChI is InChI=1S/C21H27N7O3/c29-12-21(5-1-2-6-21)11-23-16-8-17(22-9-13-3-4-13)28-18(26-16)14(10-24-28)7-15-19(30)27-20(31)25-15/h7-8,10,13,22,29H,1-6,9,11-12H2,(H,23,26)(H2,25,27,30,31)/b15-7-. The van der Waals surface area contributed by atoms with Crippen molar-refractivity contribution < 1.29 is 14.7 Å². The van der Waals surface area contributed by atoms with Gasteiger partial charge in [-0.15, -0.1) is 0 Å². The first-order valence-corrected chi connectivity index (χ1v) is 10.9. The molecule has 3 amide bonds. The molecule has 31 heavy (non-hydrogen) atoms. The summed E-state index contributed by atoms with van der Waals surface area (Å²) in [5.74, 6) is 1.71. The van der Waals surface area contributed by atoms with Crippen molar-refractivity contribution in [2.24, 2.45) is 11.3 Å². The summed E-state index contributed by atoms with van der Waals surface area (Å²) in [6.07, 6.45) is 9.96. The van der Waals surface area contributed by atoms with Gasteiger partial charge in [-0.2, -0.15) is 9.61 Å². The van der Waals surface area contributed by atoms with Crippen LogP contribution in [0, 0.1) is 11.3 Å². The van der Waals surface area contributed by atoms with E-state index in [-0.39, 0.29) is 17.7 Å². The van der Waals surface area contributed by atoms with Crippen molar-refractivity contribution in [3.63, 3.8) is 0 Å². The molecule has 3 fully saturated rings. The Morgan fingerprint density at radius 2 is 2.03 bits per heavy atom. The molecule has 1 aliphatic heterocycles. The Morgan fingerprint density at radius 1 is 1.23 bits per heavy atom. The molecule has 2 saturated carbocycles. The van der Waals surface area contributed by atoms with Gasteiger partial charge in [-0.1, -0.05) is 12.8 Å². The number of amides is 3. The fourth-order valence-electron chi connectivity index (χ4n) is 4.30. The van der Waals surface area contributed by atoms with Crippen LogP contribution >= 0.6 is 0 Å². The summed E-state index contributed by atoms with van der Waals surface area (Å²) in [7, 11) is 0. The van der Waals surface area contributed by atoms with E-state index < -0.39 is 11.9 Å². The average Bonchev–Trinajstić information content (AvgIpc) is 3.17. The van der Waals surface area contributed by atoms with E-state index in [4.69, 9.17) is 4.98 Å². The molecule has 2 aromatic heterocycles. The van der Waals surface area contributed by atoms with Crippen molar-refractivity contribution in [2.75, 3.05) is 30.3 Å². The molecule has 5 rings (SSSR count). The zero-order valence-corrected chi connectivity index (χ0v) is 17.3. The summed E-state index contributed by atoms with van der Waals surface area (Å²) >= 11 is 0. The SMILES string of the molecule is O=C1NC(=O)/C(=C/c2cnn3c(NCC4CC4)cc(NCC4(CO)CCCC4)nc23)N1. The summed E-state index contributed by atoms with van der Waals surface area (Å²) in [5.41, 5.74) is 1.27. The van der Waals surface area contributed by atoms with Gasteiger partial charge in [-0.25, -0.2) is 9.78 Å². The fraction of sp³-hybridized carbons (Fsp3) is 0.524. The molecular weight excluding hydrogens is 398 g/mol. The van der Waals surface area contributed by atoms with Crippen molar-refractivity contribution in [1.29, 1.82) is 0 Å². The number of nitrogens with one attached hydrogen (secondary N) is 4. The van der Waals surface area contributed by atoms with Gasteiger partial charge < -0.3 is 21.1 Å². The fourth-order valence-corrected chi connectivity index (χ4v) is 4.30. The summed E-state index contributed by atoms with van der Waals surface area (Å²) in [4.78, 5) is 28.1. The molecule has 0 atom stereocenters. The number of carbonyl (C=O) groups excluding carboxylic acids is 2. The molecule has 0 radical (unpaired) electrons. The smallest absolute Gasteiger partial charge is 0.326 e. The summed E-state index contributed by atoms with van der Waals surface area (Å²) in [5, 5.41) is 25.9. The van der Waals surface area contributed by atoms with Gasteiger partial charge in [0.25, 0.3) is 5.91 Å². The van der Waals surface area contributed by atoms with Crippen LogP contribution in [0.4, 0.5) is 16.4 Å². The van der Waals surface area contributed by atoms with Crippen molar-refractivity contribution in [1.82, 2.24) is 25.2 Å². The normalized spacial score (nSPS) is 21.5. The van der Waals surface area contributed by atoms with Crippen LogP contribution in [0.15, 0.2) is 18.0 Å². The number of carbonyl (C=O) groups is 2. The van der Waals surface area contributed by atoms with Gasteiger partial charge in [0, 0.05) is 30.1 Å². The van der Waals surface area contributed by atoms with Crippen molar-refractivity contribution in [3.8, 4) is 0 Å². The first kappa shape index (κ1) is 19.8. The monoisotopic (exact) mass is 425 g/mol. The van der Waals surface area contributed by atoms with Crippen LogP contribution in [0.2, 0.25) is 0 Å². The van der Waals surface area contributed by atoms with E-state index >= 15 is 0 Å². The lowest BCUT2D eigenvalue weighted by Gasteiger charge is -2.27. The Balaban J connectivity index is 1.47. The van der Waals surface area contributed by atoms with E-state index in [0.717, 1.165) is 38.0 Å². The third-order valence-corrected chi connectivity index (χ3v) is 6.43. The highest BCUT2D eigenvalue weighted by Gasteiger charge is 2.33. The lowest BCUT2D eigenvalue weighted by atomic mass is 9.87. The molecule has 5 N–H and O–H groups in total. The van der Waals surface area contributed by atoms with Crippen molar-refractivity contribution in [3.05, 3.63) is 23.5 Å². The summed E-state index contributed by atoms with van der Waals surface area (Å²) < 4.78 is 1.71. The number of hydrogen-bond donors (Lipinski definition) is 5. The predicted octanol–water partition coefficient (Wildman–Crippen LogP) is 1.70. The third kappa shape index (κ3) is 4.07. The van der Waals surface area contributed by atoms with Crippen LogP contribution in [0.3, 0.4) is 0 Å². The minimum Gasteiger partial charge on any atom is -0.396 e. The first-order valence-electron chi connectivity index (χ1n) is 10.9. The lowest BCUT2D eigenvalue weighted by Crippen LogP contribution is -2.30. The zero-order chi connectivity index (χ0) is 21.4. The van der Waals surface area contributed by atoms with Crippen LogP contribution in [-0.2, 0) is 4.79 Å². The number of rotatable bonds is 8. The maximum absolute atomic E-state index is 11.9. The Kier molecular flexibility index (Phi) is 5.01. The highest BCUT2D eigenvalue weighted by Crippen LogP contribution is 2.38. The van der Waals surface area contributed by atoms with E-state index in [9.17, 15) is 14.7 Å². The summed E-state index contributed by atoms with van der Waals surface area (Å²) in [6.45, 7) is 1.68. The highest BCUT2D eigenvalue weighted by molar-refractivity contribution is 6.14. The second-order valence-corrected chi connectivity index (χ2v) is 8.87. The van der Waals surface area contributed by atoms with Gasteiger partial charge in [0.2, 0.25) is 0 Å². The number of urea groups is 1. The number of nitrogens with zero attached hydrogens (tertiary/aromatic N) is 3. The third-order valence-electron chi connectivity index (χ3n) is 6.43. The summed E-state index contributed by atoms with van der Waals surface area (Å²) in [6, 6.07) is 1.39. The van der Waals surface area contributed by atoms with Gasteiger partial charge in [0.05, 0.1) is 12.8 Å². The average molecular weight is 425 g/mol. The molecule has 3 aliphatic rings. The van der Waals surface area contributed by atoms with Gasteiger partial charge in [0.15, 0.2) is 5.65 Å². The van der Waals surface area contributed by atoms with Gasteiger partial charge in [0.1, 0.15) is 17.3 Å².